The average molecular weight is 270 g/mol. The Morgan fingerprint density at radius 3 is 2.90 bits per heavy atom. The van der Waals surface area contributed by atoms with E-state index >= 15 is 0 Å². The first-order valence-electron chi connectivity index (χ1n) is 7.22. The Morgan fingerprint density at radius 2 is 2.25 bits per heavy atom. The summed E-state index contributed by atoms with van der Waals surface area (Å²) in [6, 6.07) is 5.89. The van der Waals surface area contributed by atoms with Gasteiger partial charge in [0.15, 0.2) is 0 Å². The smallest absolute Gasteiger partial charge is 0.227 e. The fraction of sp³-hybridized carbons (Fsp3) is 0.471. The van der Waals surface area contributed by atoms with E-state index in [1.54, 1.807) is 0 Å². The molecule has 2 rings (SSSR count). The number of hydrogen-bond donors (Lipinski definition) is 2. The largest absolute Gasteiger partial charge is 0.325 e. The number of aryl methyl sites for hydroxylation is 1. The Balaban J connectivity index is 2.18. The van der Waals surface area contributed by atoms with Gasteiger partial charge < -0.3 is 11.1 Å². The van der Waals surface area contributed by atoms with Gasteiger partial charge in [-0.1, -0.05) is 31.3 Å². The van der Waals surface area contributed by atoms with Crippen molar-refractivity contribution in [3.8, 4) is 11.8 Å². The van der Waals surface area contributed by atoms with Crippen LogP contribution in [0.25, 0.3) is 0 Å². The average Bonchev–Trinajstić information content (AvgIpc) is 2.85. The summed E-state index contributed by atoms with van der Waals surface area (Å²) in [5.41, 5.74) is 8.18. The highest BCUT2D eigenvalue weighted by Gasteiger charge is 2.29. The van der Waals surface area contributed by atoms with E-state index in [0.717, 1.165) is 36.1 Å². The summed E-state index contributed by atoms with van der Waals surface area (Å²) >= 11 is 0. The van der Waals surface area contributed by atoms with Crippen molar-refractivity contribution in [2.75, 3.05) is 11.9 Å². The van der Waals surface area contributed by atoms with Gasteiger partial charge in [-0.25, -0.2) is 0 Å². The van der Waals surface area contributed by atoms with Crippen LogP contribution in [-0.2, 0) is 4.79 Å². The van der Waals surface area contributed by atoms with Gasteiger partial charge in [-0.2, -0.15) is 0 Å². The van der Waals surface area contributed by atoms with Gasteiger partial charge in [0.05, 0.1) is 12.2 Å². The number of carbonyl (C=O) groups excluding carboxylic acids is 1. The van der Waals surface area contributed by atoms with Gasteiger partial charge in [0.2, 0.25) is 5.91 Å². The van der Waals surface area contributed by atoms with Crippen molar-refractivity contribution in [2.24, 2.45) is 17.6 Å². The Hall–Kier alpha value is -1.79. The second-order valence-corrected chi connectivity index (χ2v) is 5.56. The fourth-order valence-corrected chi connectivity index (χ4v) is 2.78. The lowest BCUT2D eigenvalue weighted by atomic mass is 9.97. The summed E-state index contributed by atoms with van der Waals surface area (Å²) in [6.07, 6.45) is 3.28. The zero-order valence-corrected chi connectivity index (χ0v) is 12.2. The predicted molar refractivity (Wildman–Crippen MR) is 82.2 cm³/mol. The summed E-state index contributed by atoms with van der Waals surface area (Å²) in [4.78, 5) is 12.4. The summed E-state index contributed by atoms with van der Waals surface area (Å²) < 4.78 is 0. The predicted octanol–water partition coefficient (Wildman–Crippen LogP) is 2.68. The molecule has 1 aromatic rings. The van der Waals surface area contributed by atoms with Gasteiger partial charge in [0.25, 0.3) is 0 Å². The summed E-state index contributed by atoms with van der Waals surface area (Å²) in [5.74, 6) is 6.60. The van der Waals surface area contributed by atoms with Crippen LogP contribution in [0, 0.1) is 30.6 Å². The Labute approximate surface area is 120 Å². The standard InChI is InChI=1S/C17H22N2O/c1-12-8-9-16(14(11-12)6-4-10-18)19-17(20)15-7-3-5-13(15)2/h8-9,11,13,15H,3,5,7,10,18H2,1-2H3,(H,19,20). The maximum atomic E-state index is 12.4. The molecule has 1 aliphatic rings. The minimum absolute atomic E-state index is 0.120. The number of carbonyl (C=O) groups is 1. The number of nitrogens with one attached hydrogen (secondary N) is 1. The number of benzene rings is 1. The molecule has 3 N–H and O–H groups in total. The SMILES string of the molecule is Cc1ccc(NC(=O)C2CCCC2C)c(C#CCN)c1. The molecule has 1 saturated carbocycles. The molecule has 2 atom stereocenters. The molecule has 20 heavy (non-hydrogen) atoms. The molecule has 0 aromatic heterocycles. The zero-order chi connectivity index (χ0) is 14.5. The molecule has 0 spiro atoms. The van der Waals surface area contributed by atoms with E-state index in [1.165, 1.54) is 0 Å². The summed E-state index contributed by atoms with van der Waals surface area (Å²) in [5, 5.41) is 3.04. The van der Waals surface area contributed by atoms with E-state index in [-0.39, 0.29) is 11.8 Å². The fourth-order valence-electron chi connectivity index (χ4n) is 2.78. The van der Waals surface area contributed by atoms with Gasteiger partial charge in [-0.05, 0) is 43.4 Å². The number of nitrogens with two attached hydrogens (primary N) is 1. The minimum Gasteiger partial charge on any atom is -0.325 e. The molecule has 0 bridgehead atoms. The Bertz CT molecular complexity index is 554. The number of hydrogen-bond acceptors (Lipinski definition) is 2. The second-order valence-electron chi connectivity index (χ2n) is 5.56. The Morgan fingerprint density at radius 1 is 1.45 bits per heavy atom. The third-order valence-electron chi connectivity index (χ3n) is 3.96. The molecule has 3 heteroatoms. The highest BCUT2D eigenvalue weighted by atomic mass is 16.1. The molecule has 3 nitrogen and oxygen atoms in total. The molecule has 1 amide bonds. The molecule has 0 heterocycles. The molecule has 1 fully saturated rings. The van der Waals surface area contributed by atoms with Crippen LogP contribution in [0.3, 0.4) is 0 Å². The maximum Gasteiger partial charge on any atom is 0.227 e. The van der Waals surface area contributed by atoms with Crippen LogP contribution >= 0.6 is 0 Å². The molecular weight excluding hydrogens is 248 g/mol. The molecule has 106 valence electrons. The zero-order valence-electron chi connectivity index (χ0n) is 12.2. The Kier molecular flexibility index (Phi) is 4.81. The van der Waals surface area contributed by atoms with Crippen LogP contribution in [-0.4, -0.2) is 12.5 Å². The molecule has 1 aromatic carbocycles. The van der Waals surface area contributed by atoms with Gasteiger partial charge in [-0.3, -0.25) is 4.79 Å². The van der Waals surface area contributed by atoms with E-state index in [1.807, 2.05) is 25.1 Å². The van der Waals surface area contributed by atoms with Crippen LogP contribution < -0.4 is 11.1 Å². The second kappa shape index (κ2) is 6.58. The van der Waals surface area contributed by atoms with E-state index in [4.69, 9.17) is 5.73 Å². The first-order valence-corrected chi connectivity index (χ1v) is 7.22. The molecule has 2 unspecified atom stereocenters. The monoisotopic (exact) mass is 270 g/mol. The minimum atomic E-state index is 0.120. The van der Waals surface area contributed by atoms with E-state index < -0.39 is 0 Å². The van der Waals surface area contributed by atoms with Gasteiger partial charge >= 0.3 is 0 Å². The van der Waals surface area contributed by atoms with E-state index in [0.29, 0.717) is 12.5 Å². The number of amides is 1. The van der Waals surface area contributed by atoms with Crippen molar-refractivity contribution in [3.05, 3.63) is 29.3 Å². The lowest BCUT2D eigenvalue weighted by Gasteiger charge is -2.16. The first-order chi connectivity index (χ1) is 9.61. The summed E-state index contributed by atoms with van der Waals surface area (Å²) in [7, 11) is 0. The molecule has 1 aliphatic carbocycles. The van der Waals surface area contributed by atoms with Gasteiger partial charge in [-0.15, -0.1) is 0 Å². The molecule has 0 saturated heterocycles. The lowest BCUT2D eigenvalue weighted by Crippen LogP contribution is -2.24. The number of anilines is 1. The topological polar surface area (TPSA) is 55.1 Å². The van der Waals surface area contributed by atoms with Gasteiger partial charge in [0.1, 0.15) is 0 Å². The van der Waals surface area contributed by atoms with Crippen molar-refractivity contribution in [3.63, 3.8) is 0 Å². The van der Waals surface area contributed by atoms with E-state index in [2.05, 4.69) is 24.1 Å². The van der Waals surface area contributed by atoms with Crippen LogP contribution in [0.4, 0.5) is 5.69 Å². The first kappa shape index (κ1) is 14.6. The van der Waals surface area contributed by atoms with Crippen LogP contribution in [0.2, 0.25) is 0 Å². The van der Waals surface area contributed by atoms with Crippen molar-refractivity contribution >= 4 is 11.6 Å². The van der Waals surface area contributed by atoms with Crippen LogP contribution in [0.1, 0.15) is 37.3 Å². The van der Waals surface area contributed by atoms with Crippen LogP contribution in [0.15, 0.2) is 18.2 Å². The maximum absolute atomic E-state index is 12.4. The van der Waals surface area contributed by atoms with Crippen molar-refractivity contribution in [1.82, 2.24) is 0 Å². The quantitative estimate of drug-likeness (QED) is 0.812. The number of rotatable bonds is 2. The van der Waals surface area contributed by atoms with Gasteiger partial charge in [0, 0.05) is 11.5 Å². The van der Waals surface area contributed by atoms with Crippen LogP contribution in [0.5, 0.6) is 0 Å². The van der Waals surface area contributed by atoms with Crippen molar-refractivity contribution in [1.29, 1.82) is 0 Å². The van der Waals surface area contributed by atoms with E-state index in [9.17, 15) is 4.79 Å². The lowest BCUT2D eigenvalue weighted by molar-refractivity contribution is -0.120. The normalized spacial score (nSPS) is 21.1. The highest BCUT2D eigenvalue weighted by molar-refractivity contribution is 5.94. The van der Waals surface area contributed by atoms with Crippen molar-refractivity contribution < 1.29 is 4.79 Å². The summed E-state index contributed by atoms with van der Waals surface area (Å²) in [6.45, 7) is 4.49. The highest BCUT2D eigenvalue weighted by Crippen LogP contribution is 2.32. The van der Waals surface area contributed by atoms with Crippen molar-refractivity contribution in [2.45, 2.75) is 33.1 Å². The molecular formula is C17H22N2O. The third kappa shape index (κ3) is 3.40. The molecule has 0 aliphatic heterocycles. The molecule has 0 radical (unpaired) electrons. The third-order valence-corrected chi connectivity index (χ3v) is 3.96.